The van der Waals surface area contributed by atoms with E-state index in [1.807, 2.05) is 84.3 Å². The number of nitrogens with one attached hydrogen (secondary N) is 2. The van der Waals surface area contributed by atoms with Crippen LogP contribution in [0.15, 0.2) is 60.7 Å². The number of likely N-dealkylation sites (tertiary alicyclic amines) is 4. The molecular formula is C58H85N7O10. The fraction of sp³-hybridized carbons (Fsp3) is 0.672. The number of ether oxygens (including phenoxy) is 3. The van der Waals surface area contributed by atoms with E-state index in [-0.39, 0.29) is 91.0 Å². The summed E-state index contributed by atoms with van der Waals surface area (Å²) in [6.07, 6.45) is 12.7. The minimum atomic E-state index is -0.809. The van der Waals surface area contributed by atoms with Gasteiger partial charge in [-0.25, -0.2) is 14.4 Å². The first-order valence-electron chi connectivity index (χ1n) is 28.1. The van der Waals surface area contributed by atoms with Crippen LogP contribution in [0.4, 0.5) is 14.4 Å². The summed E-state index contributed by atoms with van der Waals surface area (Å²) < 4.78 is 16.6. The molecule has 0 bridgehead atoms. The molecule has 0 spiro atoms. The number of fused-ring (bicyclic) bond motifs is 2. The van der Waals surface area contributed by atoms with Gasteiger partial charge in [0.2, 0.25) is 23.6 Å². The number of likely N-dealkylation sites (N-methyl/N-ethyl adjacent to an activating group) is 1. The molecule has 4 saturated heterocycles. The van der Waals surface area contributed by atoms with E-state index < -0.39 is 29.8 Å². The van der Waals surface area contributed by atoms with Gasteiger partial charge in [0, 0.05) is 39.1 Å². The Balaban J connectivity index is 0.000000222. The van der Waals surface area contributed by atoms with Crippen molar-refractivity contribution in [2.75, 3.05) is 33.2 Å². The monoisotopic (exact) mass is 1040 g/mol. The molecule has 75 heavy (non-hydrogen) atoms. The third-order valence-electron chi connectivity index (χ3n) is 16.7. The van der Waals surface area contributed by atoms with E-state index >= 15 is 0 Å². The Kier molecular flexibility index (Phi) is 19.9. The van der Waals surface area contributed by atoms with Gasteiger partial charge >= 0.3 is 18.3 Å². The fourth-order valence-electron chi connectivity index (χ4n) is 12.1. The van der Waals surface area contributed by atoms with Gasteiger partial charge in [0.15, 0.2) is 0 Å². The average Bonchev–Trinajstić information content (AvgIpc) is 4.25. The van der Waals surface area contributed by atoms with Gasteiger partial charge in [-0.2, -0.15) is 0 Å². The zero-order valence-corrected chi connectivity index (χ0v) is 45.7. The van der Waals surface area contributed by atoms with Crippen LogP contribution in [0, 0.1) is 17.8 Å². The molecule has 2 saturated carbocycles. The maximum atomic E-state index is 14.1. The number of carbonyl (C=O) groups excluding carboxylic acids is 7. The molecule has 0 aromatic heterocycles. The molecule has 8 atom stereocenters. The van der Waals surface area contributed by atoms with Crippen molar-refractivity contribution in [3.8, 4) is 0 Å². The summed E-state index contributed by atoms with van der Waals surface area (Å²) in [6.45, 7) is 13.6. The highest BCUT2D eigenvalue weighted by atomic mass is 16.6. The Labute approximate surface area is 445 Å². The fourth-order valence-corrected chi connectivity index (χ4v) is 12.1. The first-order valence-corrected chi connectivity index (χ1v) is 28.1. The highest BCUT2D eigenvalue weighted by molar-refractivity contribution is 5.92. The molecule has 4 aliphatic heterocycles. The molecular weight excluding hydrogens is 955 g/mol. The first-order chi connectivity index (χ1) is 35.9. The third-order valence-corrected chi connectivity index (χ3v) is 16.7. The van der Waals surface area contributed by atoms with E-state index in [2.05, 4.69) is 10.6 Å². The minimum absolute atomic E-state index is 0.00312. The molecule has 7 amide bonds. The zero-order valence-electron chi connectivity index (χ0n) is 45.7. The van der Waals surface area contributed by atoms with Crippen LogP contribution in [-0.2, 0) is 46.6 Å². The van der Waals surface area contributed by atoms with Crippen molar-refractivity contribution in [2.45, 2.75) is 199 Å². The summed E-state index contributed by atoms with van der Waals surface area (Å²) >= 11 is 0. The van der Waals surface area contributed by atoms with Crippen molar-refractivity contribution in [3.05, 3.63) is 71.8 Å². The lowest BCUT2D eigenvalue weighted by molar-refractivity contribution is -0.140. The van der Waals surface area contributed by atoms with Gasteiger partial charge in [0.1, 0.15) is 36.9 Å². The predicted octanol–water partition coefficient (Wildman–Crippen LogP) is 8.43. The molecule has 4 heterocycles. The SMILES string of the molecule is CC[C@@H](C)C(=O)N[C@H](C(=O)N1CC[C@@H]2[C@H]1CCN2C(=O)OCc1ccccc1)C1CCCCC1.C[C@@H](C(=O)N[C@H](C(=O)N1CC[C@@H]2[C@H]1CCN2C(=O)OCc1ccccc1)C1CCCCC1)N(C)C(=O)OC(C)(C)C. The maximum Gasteiger partial charge on any atom is 0.410 e. The molecule has 8 rings (SSSR count). The van der Waals surface area contributed by atoms with Gasteiger partial charge in [-0.15, -0.1) is 0 Å². The molecule has 0 unspecified atom stereocenters. The van der Waals surface area contributed by atoms with Gasteiger partial charge in [-0.3, -0.25) is 24.1 Å². The Hall–Kier alpha value is -5.87. The second-order valence-corrected chi connectivity index (χ2v) is 22.8. The Morgan fingerprint density at radius 1 is 0.560 bits per heavy atom. The molecule has 2 aliphatic carbocycles. The zero-order chi connectivity index (χ0) is 53.8. The highest BCUT2D eigenvalue weighted by Gasteiger charge is 2.51. The Bertz CT molecular complexity index is 2250. The lowest BCUT2D eigenvalue weighted by atomic mass is 9.83. The van der Waals surface area contributed by atoms with Crippen molar-refractivity contribution in [3.63, 3.8) is 0 Å². The van der Waals surface area contributed by atoms with Crippen molar-refractivity contribution in [2.24, 2.45) is 17.8 Å². The van der Waals surface area contributed by atoms with Gasteiger partial charge < -0.3 is 44.4 Å². The Morgan fingerprint density at radius 2 is 0.933 bits per heavy atom. The number of benzene rings is 2. The summed E-state index contributed by atoms with van der Waals surface area (Å²) in [5, 5.41) is 6.16. The van der Waals surface area contributed by atoms with Crippen LogP contribution in [0.3, 0.4) is 0 Å². The van der Waals surface area contributed by atoms with Crippen molar-refractivity contribution in [1.29, 1.82) is 0 Å². The first kappa shape index (κ1) is 56.8. The molecule has 17 nitrogen and oxygen atoms in total. The van der Waals surface area contributed by atoms with Gasteiger partial charge in [0.25, 0.3) is 0 Å². The normalized spacial score (nSPS) is 23.3. The van der Waals surface area contributed by atoms with E-state index in [1.54, 1.807) is 37.5 Å². The second-order valence-electron chi connectivity index (χ2n) is 22.8. The summed E-state index contributed by atoms with van der Waals surface area (Å²) in [7, 11) is 1.53. The van der Waals surface area contributed by atoms with E-state index in [0.29, 0.717) is 39.0 Å². The molecule has 6 aliphatic rings. The van der Waals surface area contributed by atoms with Gasteiger partial charge in [-0.05, 0) is 108 Å². The van der Waals surface area contributed by atoms with Crippen LogP contribution in [0.2, 0.25) is 0 Å². The third kappa shape index (κ3) is 14.5. The molecule has 2 aromatic carbocycles. The van der Waals surface area contributed by atoms with Crippen LogP contribution in [-0.4, -0.2) is 148 Å². The number of hydrogen-bond acceptors (Lipinski definition) is 10. The highest BCUT2D eigenvalue weighted by Crippen LogP contribution is 2.37. The van der Waals surface area contributed by atoms with Crippen molar-refractivity contribution < 1.29 is 47.8 Å². The second kappa shape index (κ2) is 26.3. The van der Waals surface area contributed by atoms with E-state index in [1.165, 1.54) is 18.4 Å². The standard InChI is InChI=1S/C31H46N4O6.C27H39N3O4/c1-21(33(5)29(38)41-31(2,3)4)27(36)32-26(23-14-10-7-11-15-23)28(37)34-18-16-25-24(34)17-19-35(25)30(39)40-20-22-12-8-6-9-13-22;1-3-19(2)25(31)28-24(21-12-8-5-9-13-21)26(32)29-16-14-23-22(29)15-17-30(23)27(33)34-18-20-10-6-4-7-11-20/h6,8-9,12-13,21,23-26H,7,10-11,14-20H2,1-5H3,(H,32,36);4,6-7,10-11,19,21-24H,3,5,8-9,12-18H2,1-2H3,(H,28,31)/t21-,24+,25+,26-;19-,22-,23-,24+/m01/s1. The van der Waals surface area contributed by atoms with E-state index in [9.17, 15) is 33.6 Å². The number of nitrogens with zero attached hydrogens (tertiary/aromatic N) is 5. The van der Waals surface area contributed by atoms with Crippen LogP contribution >= 0.6 is 0 Å². The number of rotatable bonds is 14. The lowest BCUT2D eigenvalue weighted by Gasteiger charge is -2.36. The summed E-state index contributed by atoms with van der Waals surface area (Å²) in [6, 6.07) is 17.1. The number of hydrogen-bond donors (Lipinski definition) is 2. The molecule has 2 N–H and O–H groups in total. The quantitative estimate of drug-likeness (QED) is 0.174. The largest absolute Gasteiger partial charge is 0.445 e. The van der Waals surface area contributed by atoms with Gasteiger partial charge in [-0.1, -0.05) is 113 Å². The van der Waals surface area contributed by atoms with E-state index in [4.69, 9.17) is 14.2 Å². The van der Waals surface area contributed by atoms with Crippen LogP contribution in [0.1, 0.15) is 149 Å². The molecule has 6 fully saturated rings. The van der Waals surface area contributed by atoms with E-state index in [0.717, 1.165) is 88.2 Å². The van der Waals surface area contributed by atoms with Gasteiger partial charge in [0.05, 0.1) is 24.2 Å². The molecule has 412 valence electrons. The van der Waals surface area contributed by atoms with Crippen LogP contribution in [0.5, 0.6) is 0 Å². The minimum Gasteiger partial charge on any atom is -0.445 e. The average molecular weight is 1040 g/mol. The smallest absolute Gasteiger partial charge is 0.410 e. The maximum absolute atomic E-state index is 14.1. The number of carbonyl (C=O) groups is 7. The number of amides is 7. The lowest BCUT2D eigenvalue weighted by Crippen LogP contribution is -2.57. The summed E-state index contributed by atoms with van der Waals surface area (Å²) in [4.78, 5) is 101. The summed E-state index contributed by atoms with van der Waals surface area (Å²) in [5.74, 6) is -0.338. The predicted molar refractivity (Wildman–Crippen MR) is 284 cm³/mol. The molecule has 17 heteroatoms. The van der Waals surface area contributed by atoms with Crippen LogP contribution in [0.25, 0.3) is 0 Å². The Morgan fingerprint density at radius 3 is 1.32 bits per heavy atom. The van der Waals surface area contributed by atoms with Crippen molar-refractivity contribution in [1.82, 2.24) is 35.1 Å². The van der Waals surface area contributed by atoms with Crippen molar-refractivity contribution >= 4 is 41.9 Å². The molecule has 2 aromatic rings. The topological polar surface area (TPSA) is 187 Å². The molecule has 0 radical (unpaired) electrons. The summed E-state index contributed by atoms with van der Waals surface area (Å²) in [5.41, 5.74) is 1.21. The van der Waals surface area contributed by atoms with Crippen LogP contribution < -0.4 is 10.6 Å².